The Morgan fingerprint density at radius 2 is 1.76 bits per heavy atom. The highest BCUT2D eigenvalue weighted by Gasteiger charge is 2.53. The number of rotatable bonds is 3. The molecule has 0 bridgehead atoms. The van der Waals surface area contributed by atoms with Gasteiger partial charge in [0.1, 0.15) is 5.75 Å². The van der Waals surface area contributed by atoms with Gasteiger partial charge in [0.25, 0.3) is 0 Å². The molecule has 0 radical (unpaired) electrons. The Labute approximate surface area is 143 Å². The topological polar surface area (TPSA) is 75.6 Å². The van der Waals surface area contributed by atoms with Gasteiger partial charge in [-0.05, 0) is 29.1 Å². The molecule has 124 valence electrons. The van der Waals surface area contributed by atoms with Crippen molar-refractivity contribution in [3.05, 3.63) is 71.8 Å². The van der Waals surface area contributed by atoms with Gasteiger partial charge in [0.2, 0.25) is 11.3 Å². The van der Waals surface area contributed by atoms with Crippen LogP contribution in [0.4, 0.5) is 5.69 Å². The van der Waals surface area contributed by atoms with Gasteiger partial charge >= 0.3 is 5.97 Å². The van der Waals surface area contributed by atoms with Gasteiger partial charge in [0, 0.05) is 10.9 Å². The average molecular weight is 333 g/mol. The van der Waals surface area contributed by atoms with Crippen LogP contribution in [0.5, 0.6) is 5.75 Å². The van der Waals surface area contributed by atoms with E-state index in [0.29, 0.717) is 22.6 Å². The molecule has 0 fully saturated rings. The monoisotopic (exact) mass is 333 g/mol. The Hall–Kier alpha value is -3.34. The van der Waals surface area contributed by atoms with Crippen LogP contribution in [0.2, 0.25) is 0 Å². The number of ether oxygens (including phenoxy) is 1. The zero-order valence-electron chi connectivity index (χ0n) is 13.4. The molecule has 5 nitrogen and oxygen atoms in total. The number of aliphatic carboxylic acids is 1. The largest absolute Gasteiger partial charge is 0.497 e. The molecule has 3 aromatic carbocycles. The van der Waals surface area contributed by atoms with E-state index in [9.17, 15) is 14.7 Å². The maximum Gasteiger partial charge on any atom is 0.342 e. The summed E-state index contributed by atoms with van der Waals surface area (Å²) in [6, 6.07) is 17.6. The van der Waals surface area contributed by atoms with Crippen molar-refractivity contribution < 1.29 is 19.4 Å². The summed E-state index contributed by atoms with van der Waals surface area (Å²) in [4.78, 5) is 25.3. The zero-order valence-corrected chi connectivity index (χ0v) is 13.4. The molecular formula is C20H15NO4. The van der Waals surface area contributed by atoms with Crippen molar-refractivity contribution in [1.82, 2.24) is 0 Å². The molecule has 25 heavy (non-hydrogen) atoms. The Kier molecular flexibility index (Phi) is 3.25. The van der Waals surface area contributed by atoms with Crippen LogP contribution in [0.3, 0.4) is 0 Å². The number of carbonyl (C=O) groups is 2. The number of ketones is 1. The Morgan fingerprint density at radius 1 is 1.04 bits per heavy atom. The molecule has 0 spiro atoms. The number of nitrogens with one attached hydrogen (secondary N) is 1. The molecule has 0 amide bonds. The molecule has 0 saturated heterocycles. The van der Waals surface area contributed by atoms with E-state index in [1.807, 2.05) is 30.3 Å². The van der Waals surface area contributed by atoms with Crippen molar-refractivity contribution in [1.29, 1.82) is 0 Å². The number of hydrogen-bond acceptors (Lipinski definition) is 4. The van der Waals surface area contributed by atoms with Gasteiger partial charge < -0.3 is 15.2 Å². The maximum absolute atomic E-state index is 13.1. The van der Waals surface area contributed by atoms with E-state index in [0.717, 1.165) is 10.8 Å². The van der Waals surface area contributed by atoms with Crippen molar-refractivity contribution in [2.75, 3.05) is 12.4 Å². The third-order valence-corrected chi connectivity index (χ3v) is 4.67. The number of fused-ring (bicyclic) bond motifs is 3. The lowest BCUT2D eigenvalue weighted by Crippen LogP contribution is -2.46. The standard InChI is InChI=1S/C20H15NO4/c1-25-14-9-7-13(8-10-14)20(19(23)24)18(22)16-11-6-12-4-2-3-5-15(12)17(16)21-20/h2-11,21H,1H3,(H,23,24)/t20-/m1/s1. The van der Waals surface area contributed by atoms with E-state index >= 15 is 0 Å². The number of Topliss-reactive ketones (excluding diaryl/α,β-unsaturated/α-hetero) is 1. The fourth-order valence-electron chi connectivity index (χ4n) is 3.36. The van der Waals surface area contributed by atoms with Gasteiger partial charge in [-0.15, -0.1) is 0 Å². The lowest BCUT2D eigenvalue weighted by molar-refractivity contribution is -0.140. The number of carboxylic acid groups (broad SMARTS) is 1. The summed E-state index contributed by atoms with van der Waals surface area (Å²) < 4.78 is 5.12. The highest BCUT2D eigenvalue weighted by atomic mass is 16.5. The van der Waals surface area contributed by atoms with Gasteiger partial charge in [-0.25, -0.2) is 4.79 Å². The Morgan fingerprint density at radius 3 is 2.44 bits per heavy atom. The Balaban J connectivity index is 1.93. The van der Waals surface area contributed by atoms with Crippen LogP contribution in [-0.4, -0.2) is 24.0 Å². The average Bonchev–Trinajstić information content (AvgIpc) is 2.96. The van der Waals surface area contributed by atoms with E-state index < -0.39 is 17.3 Å². The summed E-state index contributed by atoms with van der Waals surface area (Å²) in [5.41, 5.74) is -0.525. The molecule has 0 aromatic heterocycles. The zero-order chi connectivity index (χ0) is 17.6. The van der Waals surface area contributed by atoms with Crippen molar-refractivity contribution in [2.45, 2.75) is 5.54 Å². The molecule has 0 unspecified atom stereocenters. The van der Waals surface area contributed by atoms with Gasteiger partial charge in [-0.2, -0.15) is 0 Å². The predicted molar refractivity (Wildman–Crippen MR) is 94.2 cm³/mol. The first kappa shape index (κ1) is 15.2. The maximum atomic E-state index is 13.1. The summed E-state index contributed by atoms with van der Waals surface area (Å²) in [5.74, 6) is -1.11. The molecular weight excluding hydrogens is 318 g/mol. The minimum absolute atomic E-state index is 0.367. The first-order chi connectivity index (χ1) is 12.1. The normalized spacial score (nSPS) is 18.7. The summed E-state index contributed by atoms with van der Waals surface area (Å²) in [5, 5.41) is 14.7. The number of methoxy groups -OCH3 is 1. The smallest absolute Gasteiger partial charge is 0.342 e. The Bertz CT molecular complexity index is 1010. The molecule has 5 heteroatoms. The van der Waals surface area contributed by atoms with E-state index in [4.69, 9.17) is 4.74 Å². The van der Waals surface area contributed by atoms with Crippen molar-refractivity contribution in [2.24, 2.45) is 0 Å². The molecule has 1 heterocycles. The third-order valence-electron chi connectivity index (χ3n) is 4.67. The summed E-state index contributed by atoms with van der Waals surface area (Å²) in [7, 11) is 1.53. The summed E-state index contributed by atoms with van der Waals surface area (Å²) >= 11 is 0. The molecule has 2 N–H and O–H groups in total. The predicted octanol–water partition coefficient (Wildman–Crippen LogP) is 3.44. The van der Waals surface area contributed by atoms with E-state index in [-0.39, 0.29) is 0 Å². The second-order valence-corrected chi connectivity index (χ2v) is 5.95. The van der Waals surface area contributed by atoms with Crippen LogP contribution in [0.25, 0.3) is 10.8 Å². The lowest BCUT2D eigenvalue weighted by atomic mass is 9.85. The van der Waals surface area contributed by atoms with Crippen LogP contribution in [0.1, 0.15) is 15.9 Å². The second-order valence-electron chi connectivity index (χ2n) is 5.95. The first-order valence-electron chi connectivity index (χ1n) is 7.80. The first-order valence-corrected chi connectivity index (χ1v) is 7.80. The number of carboxylic acids is 1. The number of anilines is 1. The fraction of sp³-hybridized carbons (Fsp3) is 0.100. The highest BCUT2D eigenvalue weighted by Crippen LogP contribution is 2.43. The minimum Gasteiger partial charge on any atom is -0.497 e. The minimum atomic E-state index is -1.83. The van der Waals surface area contributed by atoms with Gasteiger partial charge in [-0.1, -0.05) is 42.5 Å². The van der Waals surface area contributed by atoms with Crippen LogP contribution < -0.4 is 10.1 Å². The van der Waals surface area contributed by atoms with E-state index in [2.05, 4.69) is 5.32 Å². The quantitative estimate of drug-likeness (QED) is 0.718. The summed E-state index contributed by atoms with van der Waals surface area (Å²) in [6.45, 7) is 0. The molecule has 4 rings (SSSR count). The van der Waals surface area contributed by atoms with E-state index in [1.54, 1.807) is 30.3 Å². The van der Waals surface area contributed by atoms with E-state index in [1.165, 1.54) is 7.11 Å². The van der Waals surface area contributed by atoms with Gasteiger partial charge in [-0.3, -0.25) is 4.79 Å². The van der Waals surface area contributed by atoms with Crippen molar-refractivity contribution in [3.8, 4) is 5.75 Å². The lowest BCUT2D eigenvalue weighted by Gasteiger charge is -2.24. The van der Waals surface area contributed by atoms with Gasteiger partial charge in [0.15, 0.2) is 0 Å². The molecule has 1 aliphatic heterocycles. The molecule has 1 atom stereocenters. The van der Waals surface area contributed by atoms with Crippen LogP contribution in [0, 0.1) is 0 Å². The number of hydrogen-bond donors (Lipinski definition) is 2. The molecule has 1 aliphatic rings. The van der Waals surface area contributed by atoms with Crippen molar-refractivity contribution in [3.63, 3.8) is 0 Å². The van der Waals surface area contributed by atoms with Crippen LogP contribution in [0.15, 0.2) is 60.7 Å². The molecule has 3 aromatic rings. The number of carbonyl (C=O) groups excluding carboxylic acids is 1. The summed E-state index contributed by atoms with van der Waals surface area (Å²) in [6.07, 6.45) is 0. The van der Waals surface area contributed by atoms with Crippen LogP contribution >= 0.6 is 0 Å². The van der Waals surface area contributed by atoms with Gasteiger partial charge in [0.05, 0.1) is 12.8 Å². The highest BCUT2D eigenvalue weighted by molar-refractivity contribution is 6.27. The fourth-order valence-corrected chi connectivity index (χ4v) is 3.36. The molecule has 0 saturated carbocycles. The number of benzene rings is 3. The molecule has 0 aliphatic carbocycles. The van der Waals surface area contributed by atoms with Crippen molar-refractivity contribution >= 4 is 28.2 Å². The second kappa shape index (κ2) is 5.34. The van der Waals surface area contributed by atoms with Crippen LogP contribution in [-0.2, 0) is 10.3 Å². The SMILES string of the molecule is COc1ccc([C@@]2(C(=O)O)Nc3c(ccc4ccccc34)C2=O)cc1. The third kappa shape index (κ3) is 2.02.